The number of likely N-dealkylation sites (N-methyl/N-ethyl adjacent to an activating group) is 1. The molecule has 1 aliphatic rings. The number of carbonyl (C=O) groups excluding carboxylic acids is 1. The summed E-state index contributed by atoms with van der Waals surface area (Å²) in [6, 6.07) is 8.30. The van der Waals surface area contributed by atoms with Crippen molar-refractivity contribution in [1.29, 1.82) is 0 Å². The average molecular weight is 258 g/mol. The highest BCUT2D eigenvalue weighted by molar-refractivity contribution is 5.97. The summed E-state index contributed by atoms with van der Waals surface area (Å²) in [5, 5.41) is 0. The third-order valence-corrected chi connectivity index (χ3v) is 3.75. The molecule has 19 heavy (non-hydrogen) atoms. The lowest BCUT2D eigenvalue weighted by Gasteiger charge is -2.29. The van der Waals surface area contributed by atoms with Crippen LogP contribution < -0.4 is 4.90 Å². The van der Waals surface area contributed by atoms with Crippen LogP contribution in [0, 0.1) is 0 Å². The molecule has 3 nitrogen and oxygen atoms in total. The van der Waals surface area contributed by atoms with E-state index in [-0.39, 0.29) is 5.91 Å². The number of benzene rings is 1. The third kappa shape index (κ3) is 2.80. The van der Waals surface area contributed by atoms with Crippen LogP contribution in [0.5, 0.6) is 0 Å². The second-order valence-corrected chi connectivity index (χ2v) is 4.87. The van der Waals surface area contributed by atoms with Crippen molar-refractivity contribution in [2.24, 2.45) is 0 Å². The summed E-state index contributed by atoms with van der Waals surface area (Å²) in [6.07, 6.45) is 2.75. The molecule has 1 heterocycles. The number of hydrogen-bond acceptors (Lipinski definition) is 2. The van der Waals surface area contributed by atoms with Crippen molar-refractivity contribution in [3.63, 3.8) is 0 Å². The SMILES string of the molecule is CCN(CC)C(=O)/C=C1\CCN(C)c2ccccc21. The minimum absolute atomic E-state index is 0.124. The van der Waals surface area contributed by atoms with Gasteiger partial charge in [-0.25, -0.2) is 0 Å². The number of anilines is 1. The number of nitrogens with zero attached hydrogens (tertiary/aromatic N) is 2. The number of carbonyl (C=O) groups is 1. The smallest absolute Gasteiger partial charge is 0.246 e. The van der Waals surface area contributed by atoms with Crippen molar-refractivity contribution in [3.8, 4) is 0 Å². The van der Waals surface area contributed by atoms with E-state index in [1.54, 1.807) is 0 Å². The Balaban J connectivity index is 2.32. The maximum Gasteiger partial charge on any atom is 0.246 e. The highest BCUT2D eigenvalue weighted by Crippen LogP contribution is 2.33. The van der Waals surface area contributed by atoms with Gasteiger partial charge in [0.15, 0.2) is 0 Å². The molecule has 2 rings (SSSR count). The molecule has 0 spiro atoms. The van der Waals surface area contributed by atoms with E-state index in [2.05, 4.69) is 24.1 Å². The second kappa shape index (κ2) is 5.91. The van der Waals surface area contributed by atoms with Crippen LogP contribution in [0.3, 0.4) is 0 Å². The molecule has 0 bridgehead atoms. The van der Waals surface area contributed by atoms with E-state index in [1.807, 2.05) is 37.0 Å². The quantitative estimate of drug-likeness (QED) is 0.778. The molecule has 1 aromatic carbocycles. The molecule has 0 aliphatic carbocycles. The summed E-state index contributed by atoms with van der Waals surface area (Å²) >= 11 is 0. The van der Waals surface area contributed by atoms with Crippen molar-refractivity contribution < 1.29 is 4.79 Å². The zero-order chi connectivity index (χ0) is 13.8. The molecule has 0 fully saturated rings. The summed E-state index contributed by atoms with van der Waals surface area (Å²) in [5.74, 6) is 0.124. The molecule has 0 saturated carbocycles. The average Bonchev–Trinajstić information content (AvgIpc) is 2.44. The van der Waals surface area contributed by atoms with Gasteiger partial charge in [0.2, 0.25) is 5.91 Å². The van der Waals surface area contributed by atoms with E-state index in [0.29, 0.717) is 0 Å². The Morgan fingerprint density at radius 2 is 2.00 bits per heavy atom. The predicted molar refractivity (Wildman–Crippen MR) is 80.2 cm³/mol. The molecule has 1 aliphatic heterocycles. The number of para-hydroxylation sites is 1. The fourth-order valence-electron chi connectivity index (χ4n) is 2.55. The van der Waals surface area contributed by atoms with Crippen LogP contribution in [0.2, 0.25) is 0 Å². The molecule has 0 atom stereocenters. The molecule has 1 aromatic rings. The topological polar surface area (TPSA) is 23.6 Å². The first-order valence-electron chi connectivity index (χ1n) is 6.97. The van der Waals surface area contributed by atoms with Crippen LogP contribution in [-0.4, -0.2) is 37.5 Å². The predicted octanol–water partition coefficient (Wildman–Crippen LogP) is 2.78. The van der Waals surface area contributed by atoms with Gasteiger partial charge in [-0.1, -0.05) is 18.2 Å². The highest BCUT2D eigenvalue weighted by Gasteiger charge is 2.18. The zero-order valence-corrected chi connectivity index (χ0v) is 12.0. The third-order valence-electron chi connectivity index (χ3n) is 3.75. The van der Waals surface area contributed by atoms with Crippen LogP contribution in [0.4, 0.5) is 5.69 Å². The van der Waals surface area contributed by atoms with E-state index in [1.165, 1.54) is 11.3 Å². The number of fused-ring (bicyclic) bond motifs is 1. The van der Waals surface area contributed by atoms with Gasteiger partial charge in [0.05, 0.1) is 0 Å². The first-order chi connectivity index (χ1) is 9.17. The first-order valence-corrected chi connectivity index (χ1v) is 6.97. The molecule has 102 valence electrons. The summed E-state index contributed by atoms with van der Waals surface area (Å²) < 4.78 is 0. The van der Waals surface area contributed by atoms with Gasteiger partial charge >= 0.3 is 0 Å². The van der Waals surface area contributed by atoms with E-state index in [9.17, 15) is 4.79 Å². The van der Waals surface area contributed by atoms with Crippen LogP contribution in [0.1, 0.15) is 25.8 Å². The minimum atomic E-state index is 0.124. The molecule has 0 saturated heterocycles. The number of rotatable bonds is 3. The Morgan fingerprint density at radius 3 is 2.68 bits per heavy atom. The summed E-state index contributed by atoms with van der Waals surface area (Å²) in [7, 11) is 2.10. The lowest BCUT2D eigenvalue weighted by molar-refractivity contribution is -0.125. The Hall–Kier alpha value is -1.77. The first kappa shape index (κ1) is 13.7. The van der Waals surface area contributed by atoms with Crippen LogP contribution in [0.25, 0.3) is 5.57 Å². The summed E-state index contributed by atoms with van der Waals surface area (Å²) in [4.78, 5) is 16.3. The van der Waals surface area contributed by atoms with Gasteiger partial charge in [0, 0.05) is 44.0 Å². The molecule has 3 heteroatoms. The monoisotopic (exact) mass is 258 g/mol. The van der Waals surface area contributed by atoms with Crippen molar-refractivity contribution >= 4 is 17.2 Å². The maximum absolute atomic E-state index is 12.2. The van der Waals surface area contributed by atoms with E-state index in [4.69, 9.17) is 0 Å². The van der Waals surface area contributed by atoms with Gasteiger partial charge < -0.3 is 9.80 Å². The minimum Gasteiger partial charge on any atom is -0.374 e. The Morgan fingerprint density at radius 1 is 1.32 bits per heavy atom. The van der Waals surface area contributed by atoms with Crippen molar-refractivity contribution in [1.82, 2.24) is 4.90 Å². The number of amides is 1. The van der Waals surface area contributed by atoms with E-state index in [0.717, 1.165) is 31.6 Å². The lowest BCUT2D eigenvalue weighted by atomic mass is 9.95. The van der Waals surface area contributed by atoms with Crippen molar-refractivity contribution in [2.45, 2.75) is 20.3 Å². The molecular formula is C16H22N2O. The molecule has 1 amide bonds. The van der Waals surface area contributed by atoms with Crippen LogP contribution >= 0.6 is 0 Å². The van der Waals surface area contributed by atoms with Gasteiger partial charge in [0.1, 0.15) is 0 Å². The molecule has 0 unspecified atom stereocenters. The largest absolute Gasteiger partial charge is 0.374 e. The molecule has 0 N–H and O–H groups in total. The second-order valence-electron chi connectivity index (χ2n) is 4.87. The fraction of sp³-hybridized carbons (Fsp3) is 0.438. The Kier molecular flexibility index (Phi) is 4.25. The van der Waals surface area contributed by atoms with Crippen molar-refractivity contribution in [3.05, 3.63) is 35.9 Å². The highest BCUT2D eigenvalue weighted by atomic mass is 16.2. The van der Waals surface area contributed by atoms with Gasteiger partial charge in [-0.2, -0.15) is 0 Å². The lowest BCUT2D eigenvalue weighted by Crippen LogP contribution is -2.30. The standard InChI is InChI=1S/C16H22N2O/c1-4-18(5-2)16(19)12-13-10-11-17(3)15-9-7-6-8-14(13)15/h6-9,12H,4-5,10-11H2,1-3H3/b13-12+. The van der Waals surface area contributed by atoms with Gasteiger partial charge in [0.25, 0.3) is 0 Å². The summed E-state index contributed by atoms with van der Waals surface area (Å²) in [6.45, 7) is 6.53. The van der Waals surface area contributed by atoms with Crippen LogP contribution in [-0.2, 0) is 4.79 Å². The van der Waals surface area contributed by atoms with Crippen LogP contribution in [0.15, 0.2) is 30.3 Å². The van der Waals surface area contributed by atoms with Gasteiger partial charge in [-0.15, -0.1) is 0 Å². The Labute approximate surface area is 115 Å². The summed E-state index contributed by atoms with van der Waals surface area (Å²) in [5.41, 5.74) is 3.56. The fourth-order valence-corrected chi connectivity index (χ4v) is 2.55. The molecule has 0 radical (unpaired) electrons. The van der Waals surface area contributed by atoms with E-state index >= 15 is 0 Å². The molecular weight excluding hydrogens is 236 g/mol. The van der Waals surface area contributed by atoms with E-state index < -0.39 is 0 Å². The Bertz CT molecular complexity index is 489. The molecule has 0 aromatic heterocycles. The van der Waals surface area contributed by atoms with Gasteiger partial charge in [-0.3, -0.25) is 4.79 Å². The zero-order valence-electron chi connectivity index (χ0n) is 12.0. The van der Waals surface area contributed by atoms with Gasteiger partial charge in [-0.05, 0) is 31.9 Å². The maximum atomic E-state index is 12.2. The normalized spacial score (nSPS) is 16.4. The van der Waals surface area contributed by atoms with Crippen molar-refractivity contribution in [2.75, 3.05) is 31.6 Å². The number of hydrogen-bond donors (Lipinski definition) is 0.